The standard InChI is InChI=1S/C15H17FN2O2S/c1-9(2)20-13-5-4-11(6-12(13)16)7-17-15(19)14-10(3)18-8-21-14/h4-6,8-9H,7H2,1-3H3,(H,17,19). The first-order valence-corrected chi connectivity index (χ1v) is 7.48. The Balaban J connectivity index is 1.99. The molecule has 0 bridgehead atoms. The van der Waals surface area contributed by atoms with Crippen LogP contribution in [0.25, 0.3) is 0 Å². The maximum Gasteiger partial charge on any atom is 0.263 e. The predicted molar refractivity (Wildman–Crippen MR) is 80.2 cm³/mol. The molecule has 0 fully saturated rings. The van der Waals surface area contributed by atoms with Crippen molar-refractivity contribution in [3.63, 3.8) is 0 Å². The van der Waals surface area contributed by atoms with Crippen molar-refractivity contribution in [2.75, 3.05) is 0 Å². The Bertz CT molecular complexity index is 640. The second kappa shape index (κ2) is 6.67. The number of halogens is 1. The van der Waals surface area contributed by atoms with Gasteiger partial charge in [-0.2, -0.15) is 0 Å². The number of benzene rings is 1. The molecule has 0 atom stereocenters. The van der Waals surface area contributed by atoms with Crippen LogP contribution in [0.3, 0.4) is 0 Å². The first-order valence-electron chi connectivity index (χ1n) is 6.60. The van der Waals surface area contributed by atoms with Crippen LogP contribution in [0.5, 0.6) is 5.75 Å². The molecule has 4 nitrogen and oxygen atoms in total. The van der Waals surface area contributed by atoms with E-state index in [2.05, 4.69) is 10.3 Å². The molecule has 6 heteroatoms. The van der Waals surface area contributed by atoms with E-state index in [1.54, 1.807) is 24.6 Å². The Labute approximate surface area is 127 Å². The second-order valence-electron chi connectivity index (χ2n) is 4.88. The van der Waals surface area contributed by atoms with Crippen LogP contribution in [0, 0.1) is 12.7 Å². The molecule has 1 N–H and O–H groups in total. The fourth-order valence-corrected chi connectivity index (χ4v) is 2.50. The third-order valence-electron chi connectivity index (χ3n) is 2.76. The van der Waals surface area contributed by atoms with Gasteiger partial charge in [-0.25, -0.2) is 9.37 Å². The summed E-state index contributed by atoms with van der Waals surface area (Å²) in [4.78, 5) is 16.5. The normalized spacial score (nSPS) is 10.7. The molecule has 0 radical (unpaired) electrons. The zero-order valence-electron chi connectivity index (χ0n) is 12.1. The Kier molecular flexibility index (Phi) is 4.90. The van der Waals surface area contributed by atoms with E-state index in [1.807, 2.05) is 13.8 Å². The lowest BCUT2D eigenvalue weighted by atomic mass is 10.2. The van der Waals surface area contributed by atoms with Crippen molar-refractivity contribution in [2.45, 2.75) is 33.4 Å². The number of nitrogens with one attached hydrogen (secondary N) is 1. The fraction of sp³-hybridized carbons (Fsp3) is 0.333. The van der Waals surface area contributed by atoms with Gasteiger partial charge >= 0.3 is 0 Å². The first kappa shape index (κ1) is 15.4. The van der Waals surface area contributed by atoms with Gasteiger partial charge in [-0.05, 0) is 38.5 Å². The molecule has 21 heavy (non-hydrogen) atoms. The number of amides is 1. The summed E-state index contributed by atoms with van der Waals surface area (Å²) in [6.07, 6.45) is -0.0839. The number of carbonyl (C=O) groups excluding carboxylic acids is 1. The van der Waals surface area contributed by atoms with Crippen molar-refractivity contribution in [1.29, 1.82) is 0 Å². The van der Waals surface area contributed by atoms with E-state index in [0.29, 0.717) is 16.1 Å². The van der Waals surface area contributed by atoms with Gasteiger partial charge in [0.15, 0.2) is 11.6 Å². The molecule has 0 saturated carbocycles. The molecule has 0 aliphatic heterocycles. The van der Waals surface area contributed by atoms with Gasteiger partial charge in [-0.3, -0.25) is 4.79 Å². The Hall–Kier alpha value is -1.95. The van der Waals surface area contributed by atoms with Crippen LogP contribution in [-0.4, -0.2) is 17.0 Å². The molecule has 1 aromatic heterocycles. The summed E-state index contributed by atoms with van der Waals surface area (Å²) < 4.78 is 19.2. The topological polar surface area (TPSA) is 51.2 Å². The summed E-state index contributed by atoms with van der Waals surface area (Å²) in [5, 5.41) is 2.75. The van der Waals surface area contributed by atoms with Crippen LogP contribution < -0.4 is 10.1 Å². The van der Waals surface area contributed by atoms with Gasteiger partial charge < -0.3 is 10.1 Å². The molecular weight excluding hydrogens is 291 g/mol. The summed E-state index contributed by atoms with van der Waals surface area (Å²) in [6, 6.07) is 4.69. The fourth-order valence-electron chi connectivity index (χ4n) is 1.79. The molecule has 0 unspecified atom stereocenters. The molecule has 2 aromatic rings. The molecule has 1 aromatic carbocycles. The minimum absolute atomic E-state index is 0.0839. The summed E-state index contributed by atoms with van der Waals surface area (Å²) >= 11 is 1.29. The van der Waals surface area contributed by atoms with Crippen LogP contribution in [0.2, 0.25) is 0 Å². The molecular formula is C15H17FN2O2S. The lowest BCUT2D eigenvalue weighted by Gasteiger charge is -2.11. The Morgan fingerprint density at radius 1 is 1.48 bits per heavy atom. The number of carbonyl (C=O) groups is 1. The van der Waals surface area contributed by atoms with E-state index in [0.717, 1.165) is 0 Å². The highest BCUT2D eigenvalue weighted by Gasteiger charge is 2.12. The molecule has 1 heterocycles. The quantitative estimate of drug-likeness (QED) is 0.922. The summed E-state index contributed by atoms with van der Waals surface area (Å²) in [5.74, 6) is -0.402. The third-order valence-corrected chi connectivity index (χ3v) is 3.69. The minimum atomic E-state index is -0.426. The third kappa shape index (κ3) is 4.01. The zero-order chi connectivity index (χ0) is 15.4. The van der Waals surface area contributed by atoms with Gasteiger partial charge in [-0.1, -0.05) is 6.07 Å². The van der Waals surface area contributed by atoms with Crippen molar-refractivity contribution in [3.8, 4) is 5.75 Å². The number of nitrogens with zero attached hydrogens (tertiary/aromatic N) is 1. The second-order valence-corrected chi connectivity index (χ2v) is 5.74. The number of hydrogen-bond donors (Lipinski definition) is 1. The van der Waals surface area contributed by atoms with Crippen molar-refractivity contribution >= 4 is 17.2 Å². The molecule has 112 valence electrons. The lowest BCUT2D eigenvalue weighted by Crippen LogP contribution is -2.22. The smallest absolute Gasteiger partial charge is 0.263 e. The Morgan fingerprint density at radius 3 is 2.81 bits per heavy atom. The summed E-state index contributed by atoms with van der Waals surface area (Å²) in [7, 11) is 0. The van der Waals surface area contributed by atoms with Crippen LogP contribution in [0.1, 0.15) is 34.8 Å². The van der Waals surface area contributed by atoms with Gasteiger partial charge in [0.25, 0.3) is 5.91 Å². The largest absolute Gasteiger partial charge is 0.488 e. The molecule has 0 aliphatic rings. The van der Waals surface area contributed by atoms with E-state index in [9.17, 15) is 9.18 Å². The van der Waals surface area contributed by atoms with Crippen LogP contribution >= 0.6 is 11.3 Å². The first-order chi connectivity index (χ1) is 9.97. The van der Waals surface area contributed by atoms with Crippen molar-refractivity contribution < 1.29 is 13.9 Å². The van der Waals surface area contributed by atoms with Crippen LogP contribution in [0.15, 0.2) is 23.7 Å². The van der Waals surface area contributed by atoms with Crippen molar-refractivity contribution in [1.82, 2.24) is 10.3 Å². The average Bonchev–Trinajstić information content (AvgIpc) is 2.85. The van der Waals surface area contributed by atoms with Crippen molar-refractivity contribution in [3.05, 3.63) is 45.7 Å². The monoisotopic (exact) mass is 308 g/mol. The highest BCUT2D eigenvalue weighted by Crippen LogP contribution is 2.20. The van der Waals surface area contributed by atoms with E-state index >= 15 is 0 Å². The number of aromatic nitrogens is 1. The SMILES string of the molecule is Cc1ncsc1C(=O)NCc1ccc(OC(C)C)c(F)c1. The highest BCUT2D eigenvalue weighted by atomic mass is 32.1. The van der Waals surface area contributed by atoms with Gasteiger partial charge in [-0.15, -0.1) is 11.3 Å². The predicted octanol–water partition coefficient (Wildman–Crippen LogP) is 3.31. The molecule has 1 amide bonds. The number of rotatable bonds is 5. The molecule has 0 aliphatic carbocycles. The van der Waals surface area contributed by atoms with Gasteiger partial charge in [0, 0.05) is 6.54 Å². The zero-order valence-corrected chi connectivity index (χ0v) is 13.0. The van der Waals surface area contributed by atoms with Gasteiger partial charge in [0.2, 0.25) is 0 Å². The highest BCUT2D eigenvalue weighted by molar-refractivity contribution is 7.11. The van der Waals surface area contributed by atoms with Gasteiger partial charge in [0.1, 0.15) is 4.88 Å². The number of thiazole rings is 1. The molecule has 0 saturated heterocycles. The average molecular weight is 308 g/mol. The van der Waals surface area contributed by atoms with E-state index < -0.39 is 5.82 Å². The van der Waals surface area contributed by atoms with Gasteiger partial charge in [0.05, 0.1) is 17.3 Å². The Morgan fingerprint density at radius 2 is 2.24 bits per heavy atom. The summed E-state index contributed by atoms with van der Waals surface area (Å²) in [5.41, 5.74) is 3.01. The van der Waals surface area contributed by atoms with Crippen LogP contribution in [-0.2, 0) is 6.54 Å². The number of aryl methyl sites for hydroxylation is 1. The number of hydrogen-bond acceptors (Lipinski definition) is 4. The molecule has 0 spiro atoms. The number of ether oxygens (including phenoxy) is 1. The molecule has 2 rings (SSSR count). The van der Waals surface area contributed by atoms with Crippen molar-refractivity contribution in [2.24, 2.45) is 0 Å². The maximum absolute atomic E-state index is 13.8. The lowest BCUT2D eigenvalue weighted by molar-refractivity contribution is 0.0954. The maximum atomic E-state index is 13.8. The van der Waals surface area contributed by atoms with E-state index in [4.69, 9.17) is 4.74 Å². The van der Waals surface area contributed by atoms with E-state index in [1.165, 1.54) is 17.4 Å². The summed E-state index contributed by atoms with van der Waals surface area (Å²) in [6.45, 7) is 5.72. The minimum Gasteiger partial charge on any atom is -0.488 e. The van der Waals surface area contributed by atoms with Crippen LogP contribution in [0.4, 0.5) is 4.39 Å². The van der Waals surface area contributed by atoms with E-state index in [-0.39, 0.29) is 24.3 Å².